The molecular weight excluding hydrogens is 463 g/mol. The van der Waals surface area contributed by atoms with E-state index in [-0.39, 0.29) is 17.4 Å². The number of ether oxygens (including phenoxy) is 2. The first-order valence-corrected chi connectivity index (χ1v) is 13.2. The third-order valence-electron chi connectivity index (χ3n) is 8.10. The van der Waals surface area contributed by atoms with Crippen molar-refractivity contribution in [2.24, 2.45) is 0 Å². The molecule has 1 atom stereocenters. The third kappa shape index (κ3) is 5.55. The molecule has 0 aliphatic carbocycles. The van der Waals surface area contributed by atoms with Crippen LogP contribution in [0.1, 0.15) is 67.9 Å². The van der Waals surface area contributed by atoms with E-state index in [4.69, 9.17) is 4.74 Å². The minimum atomic E-state index is -0.451. The molecule has 4 heteroatoms. The van der Waals surface area contributed by atoms with Gasteiger partial charge in [0.25, 0.3) is 0 Å². The topological polar surface area (TPSA) is 38.8 Å². The van der Waals surface area contributed by atoms with E-state index in [2.05, 4.69) is 87.0 Å². The van der Waals surface area contributed by atoms with E-state index in [1.807, 2.05) is 6.07 Å². The minimum absolute atomic E-state index is 0.0615. The first-order valence-electron chi connectivity index (χ1n) is 13.2. The Kier molecular flexibility index (Phi) is 7.99. The molecule has 3 nitrogen and oxygen atoms in total. The van der Waals surface area contributed by atoms with Crippen molar-refractivity contribution in [3.05, 3.63) is 100 Å². The van der Waals surface area contributed by atoms with Crippen molar-refractivity contribution in [3.8, 4) is 11.1 Å². The van der Waals surface area contributed by atoms with Gasteiger partial charge in [-0.25, -0.2) is 4.39 Å². The van der Waals surface area contributed by atoms with Gasteiger partial charge in [-0.15, -0.1) is 0 Å². The summed E-state index contributed by atoms with van der Waals surface area (Å²) in [7, 11) is 1.31. The molecule has 0 spiro atoms. The number of carbonyl (C=O) groups excluding carboxylic acids is 1. The summed E-state index contributed by atoms with van der Waals surface area (Å²) >= 11 is 0. The lowest BCUT2D eigenvalue weighted by Gasteiger charge is -2.34. The average Bonchev–Trinajstić information content (AvgIpc) is 3.71. The first-order chi connectivity index (χ1) is 17.8. The molecule has 3 aromatic rings. The SMILES string of the molecule is CCC1(/C=C/c2ccc(C(CC)(CC)c3ccc(-c4ccc(CC(=O)OC)c(F)c4)cc3)cc2C)CO1. The summed E-state index contributed by atoms with van der Waals surface area (Å²) < 4.78 is 24.9. The van der Waals surface area contributed by atoms with Crippen molar-refractivity contribution in [1.29, 1.82) is 0 Å². The fourth-order valence-corrected chi connectivity index (χ4v) is 5.23. The van der Waals surface area contributed by atoms with Crippen molar-refractivity contribution in [2.75, 3.05) is 13.7 Å². The second-order valence-corrected chi connectivity index (χ2v) is 10.0. The zero-order valence-electron chi connectivity index (χ0n) is 22.6. The standard InChI is InChI=1S/C33H37FO3/c1-6-32(22-37-32)18-17-24-11-16-29(19-23(24)4)33(7-2,8-3)28-14-12-25(13-15-28)26-9-10-27(30(34)20-26)21-31(35)36-5/h9-20H,6-8,21-22H2,1-5H3/b18-17+. The number of rotatable bonds is 10. The molecule has 37 heavy (non-hydrogen) atoms. The molecule has 0 radical (unpaired) electrons. The van der Waals surface area contributed by atoms with E-state index in [0.29, 0.717) is 5.56 Å². The Morgan fingerprint density at radius 3 is 2.19 bits per heavy atom. The summed E-state index contributed by atoms with van der Waals surface area (Å²) in [5, 5.41) is 0. The van der Waals surface area contributed by atoms with Crippen molar-refractivity contribution >= 4 is 12.0 Å². The molecule has 0 N–H and O–H groups in total. The van der Waals surface area contributed by atoms with Gasteiger partial charge < -0.3 is 9.47 Å². The van der Waals surface area contributed by atoms with E-state index >= 15 is 0 Å². The first kappa shape index (κ1) is 26.8. The highest BCUT2D eigenvalue weighted by atomic mass is 19.1. The maximum Gasteiger partial charge on any atom is 0.310 e. The Bertz CT molecular complexity index is 1280. The predicted octanol–water partition coefficient (Wildman–Crippen LogP) is 7.81. The van der Waals surface area contributed by atoms with Gasteiger partial charge in [-0.3, -0.25) is 4.79 Å². The van der Waals surface area contributed by atoms with E-state index in [9.17, 15) is 9.18 Å². The smallest absolute Gasteiger partial charge is 0.310 e. The van der Waals surface area contributed by atoms with E-state index in [0.717, 1.165) is 37.0 Å². The Morgan fingerprint density at radius 2 is 1.65 bits per heavy atom. The lowest BCUT2D eigenvalue weighted by molar-refractivity contribution is -0.139. The number of benzene rings is 3. The van der Waals surface area contributed by atoms with Crippen LogP contribution in [0.4, 0.5) is 4.39 Å². The summed E-state index contributed by atoms with van der Waals surface area (Å²) in [6, 6.07) is 20.3. The number of halogens is 1. The molecule has 0 aromatic heterocycles. The molecule has 1 heterocycles. The van der Waals surface area contributed by atoms with Gasteiger partial charge in [0.05, 0.1) is 20.1 Å². The fraction of sp³-hybridized carbons (Fsp3) is 0.364. The molecule has 1 unspecified atom stereocenters. The van der Waals surface area contributed by atoms with Gasteiger partial charge in [-0.2, -0.15) is 0 Å². The third-order valence-corrected chi connectivity index (χ3v) is 8.10. The molecule has 0 amide bonds. The minimum Gasteiger partial charge on any atom is -0.469 e. The highest BCUT2D eigenvalue weighted by Gasteiger charge is 2.39. The van der Waals surface area contributed by atoms with E-state index in [1.54, 1.807) is 6.07 Å². The molecule has 0 saturated carbocycles. The van der Waals surface area contributed by atoms with Gasteiger partial charge in [0.2, 0.25) is 0 Å². The van der Waals surface area contributed by atoms with Crippen LogP contribution in [0.5, 0.6) is 0 Å². The molecule has 1 aliphatic rings. The fourth-order valence-electron chi connectivity index (χ4n) is 5.23. The zero-order chi connectivity index (χ0) is 26.6. The maximum atomic E-state index is 14.6. The molecular formula is C33H37FO3. The second-order valence-electron chi connectivity index (χ2n) is 10.0. The maximum absolute atomic E-state index is 14.6. The van der Waals surface area contributed by atoms with E-state index in [1.165, 1.54) is 35.4 Å². The number of aryl methyl sites for hydroxylation is 1. The molecule has 0 bridgehead atoms. The van der Waals surface area contributed by atoms with Crippen LogP contribution in [0.15, 0.2) is 66.7 Å². The molecule has 1 fully saturated rings. The largest absolute Gasteiger partial charge is 0.469 e. The van der Waals surface area contributed by atoms with Crippen LogP contribution in [0.25, 0.3) is 17.2 Å². The summed E-state index contributed by atoms with van der Waals surface area (Å²) in [6.07, 6.45) is 7.27. The van der Waals surface area contributed by atoms with Crippen molar-refractivity contribution < 1.29 is 18.7 Å². The summed E-state index contributed by atoms with van der Waals surface area (Å²) in [5.74, 6) is -0.848. The number of hydrogen-bond donors (Lipinski definition) is 0. The Balaban J connectivity index is 1.60. The van der Waals surface area contributed by atoms with Crippen LogP contribution in [-0.4, -0.2) is 25.3 Å². The molecule has 3 aromatic carbocycles. The van der Waals surface area contributed by atoms with Crippen molar-refractivity contribution in [1.82, 2.24) is 0 Å². The zero-order valence-corrected chi connectivity index (χ0v) is 22.6. The van der Waals surface area contributed by atoms with Gasteiger partial charge in [0.1, 0.15) is 11.4 Å². The quantitative estimate of drug-likeness (QED) is 0.210. The Hall–Kier alpha value is -3.24. The van der Waals surface area contributed by atoms with Gasteiger partial charge in [-0.05, 0) is 77.3 Å². The van der Waals surface area contributed by atoms with Gasteiger partial charge >= 0.3 is 5.97 Å². The second kappa shape index (κ2) is 11.0. The molecule has 194 valence electrons. The lowest BCUT2D eigenvalue weighted by atomic mass is 9.70. The number of hydrogen-bond acceptors (Lipinski definition) is 3. The lowest BCUT2D eigenvalue weighted by Crippen LogP contribution is -2.26. The van der Waals surface area contributed by atoms with Gasteiger partial charge in [-0.1, -0.05) is 81.4 Å². The van der Waals surface area contributed by atoms with Crippen LogP contribution < -0.4 is 0 Å². The van der Waals surface area contributed by atoms with Crippen LogP contribution in [0.2, 0.25) is 0 Å². The molecule has 4 rings (SSSR count). The molecule has 1 aliphatic heterocycles. The Labute approximate surface area is 220 Å². The van der Waals surface area contributed by atoms with Crippen LogP contribution in [-0.2, 0) is 26.1 Å². The van der Waals surface area contributed by atoms with Crippen LogP contribution in [0.3, 0.4) is 0 Å². The highest BCUT2D eigenvalue weighted by Crippen LogP contribution is 2.40. The number of epoxide rings is 1. The van der Waals surface area contributed by atoms with Crippen molar-refractivity contribution in [2.45, 2.75) is 64.4 Å². The average molecular weight is 501 g/mol. The normalized spacial score (nSPS) is 17.2. The Morgan fingerprint density at radius 1 is 1.00 bits per heavy atom. The summed E-state index contributed by atoms with van der Waals surface area (Å²) in [6.45, 7) is 9.63. The van der Waals surface area contributed by atoms with Crippen LogP contribution in [0, 0.1) is 12.7 Å². The monoisotopic (exact) mass is 500 g/mol. The van der Waals surface area contributed by atoms with Crippen LogP contribution >= 0.6 is 0 Å². The van der Waals surface area contributed by atoms with Crippen molar-refractivity contribution in [3.63, 3.8) is 0 Å². The van der Waals surface area contributed by atoms with Gasteiger partial charge in [0.15, 0.2) is 0 Å². The molecule has 1 saturated heterocycles. The van der Waals surface area contributed by atoms with E-state index < -0.39 is 11.8 Å². The number of esters is 1. The number of carbonyl (C=O) groups is 1. The highest BCUT2D eigenvalue weighted by molar-refractivity contribution is 5.73. The summed E-state index contributed by atoms with van der Waals surface area (Å²) in [5.41, 5.74) is 6.94. The summed E-state index contributed by atoms with van der Waals surface area (Å²) in [4.78, 5) is 11.5. The van der Waals surface area contributed by atoms with Gasteiger partial charge in [0, 0.05) is 5.41 Å². The predicted molar refractivity (Wildman–Crippen MR) is 148 cm³/mol. The number of methoxy groups -OCH3 is 1.